The second-order valence-corrected chi connectivity index (χ2v) is 5.97. The Morgan fingerprint density at radius 1 is 1.36 bits per heavy atom. The van der Waals surface area contributed by atoms with Crippen molar-refractivity contribution in [3.05, 3.63) is 11.1 Å². The Balaban J connectivity index is 2.35. The van der Waals surface area contributed by atoms with Gasteiger partial charge >= 0.3 is 0 Å². The first kappa shape index (κ1) is 10.4. The van der Waals surface area contributed by atoms with Gasteiger partial charge in [-0.3, -0.25) is 0 Å². The van der Waals surface area contributed by atoms with Gasteiger partial charge in [-0.2, -0.15) is 17.9 Å². The van der Waals surface area contributed by atoms with Crippen molar-refractivity contribution in [1.29, 1.82) is 5.26 Å². The standard InChI is InChI=1S/C10H14N2S2/c11-5-8-6-3-1-2-4-7(6)10(13)14-9(8)12/h8-10,13H,1-4,12H2. The van der Waals surface area contributed by atoms with Gasteiger partial charge in [0.15, 0.2) is 0 Å². The van der Waals surface area contributed by atoms with Crippen molar-refractivity contribution in [3.8, 4) is 6.07 Å². The van der Waals surface area contributed by atoms with E-state index in [0.29, 0.717) is 0 Å². The molecule has 0 amide bonds. The van der Waals surface area contributed by atoms with Crippen LogP contribution in [-0.2, 0) is 0 Å². The zero-order valence-corrected chi connectivity index (χ0v) is 9.65. The Morgan fingerprint density at radius 3 is 2.64 bits per heavy atom. The van der Waals surface area contributed by atoms with Gasteiger partial charge < -0.3 is 5.73 Å². The predicted octanol–water partition coefficient (Wildman–Crippen LogP) is 2.28. The fourth-order valence-electron chi connectivity index (χ4n) is 2.25. The van der Waals surface area contributed by atoms with Gasteiger partial charge in [0.25, 0.3) is 0 Å². The van der Waals surface area contributed by atoms with E-state index in [4.69, 9.17) is 11.0 Å². The van der Waals surface area contributed by atoms with Crippen LogP contribution in [0.3, 0.4) is 0 Å². The molecule has 0 aromatic rings. The molecule has 0 radical (unpaired) electrons. The summed E-state index contributed by atoms with van der Waals surface area (Å²) >= 11 is 6.16. The van der Waals surface area contributed by atoms with Gasteiger partial charge in [-0.05, 0) is 36.8 Å². The SMILES string of the molecule is N#CC1C2=C(CCCC2)C(S)SC1N. The first-order valence-corrected chi connectivity index (χ1v) is 6.40. The number of rotatable bonds is 0. The van der Waals surface area contributed by atoms with Gasteiger partial charge in [-0.15, -0.1) is 11.8 Å². The van der Waals surface area contributed by atoms with Crippen LogP contribution in [-0.4, -0.2) is 9.96 Å². The number of nitrogens with two attached hydrogens (primary N) is 1. The maximum Gasteiger partial charge on any atom is 0.0921 e. The van der Waals surface area contributed by atoms with E-state index in [-0.39, 0.29) is 15.9 Å². The molecule has 1 aliphatic heterocycles. The summed E-state index contributed by atoms with van der Waals surface area (Å²) < 4.78 is 0.227. The zero-order chi connectivity index (χ0) is 10.1. The molecule has 3 atom stereocenters. The molecule has 0 saturated heterocycles. The molecule has 0 aromatic heterocycles. The Morgan fingerprint density at radius 2 is 2.00 bits per heavy atom. The summed E-state index contributed by atoms with van der Waals surface area (Å²) in [5.74, 6) is -0.0706. The van der Waals surface area contributed by atoms with Gasteiger partial charge in [-0.25, -0.2) is 0 Å². The molecular weight excluding hydrogens is 212 g/mol. The van der Waals surface area contributed by atoms with Crippen molar-refractivity contribution in [2.24, 2.45) is 11.7 Å². The van der Waals surface area contributed by atoms with E-state index in [1.807, 2.05) is 0 Å². The summed E-state index contributed by atoms with van der Waals surface area (Å²) in [7, 11) is 0. The minimum Gasteiger partial charge on any atom is -0.318 e. The third kappa shape index (κ3) is 1.69. The highest BCUT2D eigenvalue weighted by atomic mass is 32.2. The summed E-state index contributed by atoms with van der Waals surface area (Å²) in [6.07, 6.45) is 4.61. The lowest BCUT2D eigenvalue weighted by molar-refractivity contribution is 0.585. The lowest BCUT2D eigenvalue weighted by Gasteiger charge is -2.35. The normalized spacial score (nSPS) is 37.6. The number of hydrogen-bond donors (Lipinski definition) is 2. The molecule has 0 bridgehead atoms. The minimum absolute atomic E-state index is 0.0706. The highest BCUT2D eigenvalue weighted by Gasteiger charge is 2.34. The Labute approximate surface area is 94.3 Å². The van der Waals surface area contributed by atoms with Crippen LogP contribution >= 0.6 is 24.4 Å². The fourth-order valence-corrected chi connectivity index (χ4v) is 4.08. The van der Waals surface area contributed by atoms with Crippen molar-refractivity contribution >= 4 is 24.4 Å². The maximum atomic E-state index is 9.08. The molecule has 1 aliphatic carbocycles. The summed E-state index contributed by atoms with van der Waals surface area (Å²) in [4.78, 5) is 0. The smallest absolute Gasteiger partial charge is 0.0921 e. The Kier molecular flexibility index (Phi) is 3.10. The van der Waals surface area contributed by atoms with Gasteiger partial charge in [0, 0.05) is 0 Å². The third-order valence-electron chi connectivity index (χ3n) is 2.98. The number of nitriles is 1. The summed E-state index contributed by atoms with van der Waals surface area (Å²) in [6.45, 7) is 0. The Bertz CT molecular complexity index is 306. The highest BCUT2D eigenvalue weighted by Crippen LogP contribution is 2.45. The summed E-state index contributed by atoms with van der Waals surface area (Å²) in [5.41, 5.74) is 8.63. The monoisotopic (exact) mass is 226 g/mol. The summed E-state index contributed by atoms with van der Waals surface area (Å²) in [5, 5.41) is 9.00. The molecule has 2 aliphatic rings. The topological polar surface area (TPSA) is 49.8 Å². The van der Waals surface area contributed by atoms with Crippen LogP contribution in [0.5, 0.6) is 0 Å². The van der Waals surface area contributed by atoms with Crippen LogP contribution in [0.25, 0.3) is 0 Å². The Hall–Kier alpha value is -0.110. The molecule has 3 unspecified atom stereocenters. The van der Waals surface area contributed by atoms with E-state index >= 15 is 0 Å². The van der Waals surface area contributed by atoms with Crippen molar-refractivity contribution in [1.82, 2.24) is 0 Å². The second-order valence-electron chi connectivity index (χ2n) is 3.82. The second kappa shape index (κ2) is 4.18. The van der Waals surface area contributed by atoms with Crippen molar-refractivity contribution in [2.75, 3.05) is 0 Å². The average Bonchev–Trinajstić information content (AvgIpc) is 2.18. The highest BCUT2D eigenvalue weighted by molar-refractivity contribution is 8.11. The van der Waals surface area contributed by atoms with Gasteiger partial charge in [0.2, 0.25) is 0 Å². The zero-order valence-electron chi connectivity index (χ0n) is 7.94. The van der Waals surface area contributed by atoms with Crippen LogP contribution in [0.4, 0.5) is 0 Å². The molecular formula is C10H14N2S2. The fraction of sp³-hybridized carbons (Fsp3) is 0.700. The third-order valence-corrected chi connectivity index (χ3v) is 4.79. The van der Waals surface area contributed by atoms with Crippen LogP contribution in [0.2, 0.25) is 0 Å². The van der Waals surface area contributed by atoms with E-state index in [1.165, 1.54) is 24.0 Å². The molecule has 0 fully saturated rings. The lowest BCUT2D eigenvalue weighted by Crippen LogP contribution is -2.35. The molecule has 2 N–H and O–H groups in total. The number of hydrogen-bond acceptors (Lipinski definition) is 4. The molecule has 14 heavy (non-hydrogen) atoms. The van der Waals surface area contributed by atoms with Crippen molar-refractivity contribution in [2.45, 2.75) is 35.6 Å². The van der Waals surface area contributed by atoms with Crippen LogP contribution in [0.15, 0.2) is 11.1 Å². The molecule has 0 saturated carbocycles. The molecule has 1 heterocycles. The number of thiol groups is 1. The van der Waals surface area contributed by atoms with Crippen LogP contribution < -0.4 is 5.73 Å². The van der Waals surface area contributed by atoms with E-state index < -0.39 is 0 Å². The van der Waals surface area contributed by atoms with Gasteiger partial charge in [0.1, 0.15) is 0 Å². The molecule has 2 nitrogen and oxygen atoms in total. The molecule has 4 heteroatoms. The number of nitrogens with zero attached hydrogens (tertiary/aromatic N) is 1. The first-order valence-electron chi connectivity index (χ1n) is 4.94. The molecule has 2 rings (SSSR count). The lowest BCUT2D eigenvalue weighted by atomic mass is 9.84. The van der Waals surface area contributed by atoms with E-state index in [0.717, 1.165) is 12.8 Å². The van der Waals surface area contributed by atoms with Crippen LogP contribution in [0.1, 0.15) is 25.7 Å². The molecule has 0 aromatic carbocycles. The van der Waals surface area contributed by atoms with Crippen LogP contribution in [0, 0.1) is 17.2 Å². The molecule has 0 spiro atoms. The van der Waals surface area contributed by atoms with E-state index in [2.05, 4.69) is 18.7 Å². The van der Waals surface area contributed by atoms with Gasteiger partial charge in [0.05, 0.1) is 21.9 Å². The maximum absolute atomic E-state index is 9.08. The first-order chi connectivity index (χ1) is 6.74. The number of thioether (sulfide) groups is 1. The van der Waals surface area contributed by atoms with Gasteiger partial charge in [-0.1, -0.05) is 0 Å². The largest absolute Gasteiger partial charge is 0.318 e. The van der Waals surface area contributed by atoms with E-state index in [9.17, 15) is 0 Å². The van der Waals surface area contributed by atoms with Crippen molar-refractivity contribution in [3.63, 3.8) is 0 Å². The molecule has 76 valence electrons. The summed E-state index contributed by atoms with van der Waals surface area (Å²) in [6, 6.07) is 2.34. The minimum atomic E-state index is -0.0839. The van der Waals surface area contributed by atoms with Crippen molar-refractivity contribution < 1.29 is 0 Å². The quantitative estimate of drug-likeness (QED) is 0.492. The van der Waals surface area contributed by atoms with E-state index in [1.54, 1.807) is 11.8 Å². The predicted molar refractivity (Wildman–Crippen MR) is 62.9 cm³/mol. The average molecular weight is 226 g/mol.